The van der Waals surface area contributed by atoms with Gasteiger partial charge >= 0.3 is 0 Å². The van der Waals surface area contributed by atoms with Crippen molar-refractivity contribution >= 4 is 13.5 Å². The van der Waals surface area contributed by atoms with Crippen LogP contribution in [-0.4, -0.2) is 34.9 Å². The van der Waals surface area contributed by atoms with Crippen molar-refractivity contribution in [2.75, 3.05) is 19.4 Å². The third-order valence-electron chi connectivity index (χ3n) is 0.704. The molecule has 0 aromatic carbocycles. The molecule has 0 amide bonds. The van der Waals surface area contributed by atoms with Gasteiger partial charge in [-0.25, -0.2) is 9.79 Å². The fourth-order valence-electron chi connectivity index (χ4n) is 0.399. The molecule has 5 heteroatoms. The maximum atomic E-state index is 10.4. The second kappa shape index (κ2) is 3.22. The van der Waals surface area contributed by atoms with Crippen LogP contribution in [0.4, 0.5) is 0 Å². The van der Waals surface area contributed by atoms with E-state index in [1.54, 1.807) is 0 Å². The minimum absolute atomic E-state index is 0.114. The number of hydrogen-bond acceptors (Lipinski definition) is 4. The van der Waals surface area contributed by atoms with Gasteiger partial charge in [-0.2, -0.15) is 0 Å². The topological polar surface area (TPSA) is 83.5 Å². The Bertz CT molecular complexity index is 109. The molecule has 0 aromatic rings. The molecule has 0 aliphatic heterocycles. The average molecular weight is 152 g/mol. The molecule has 0 radical (unpaired) electrons. The van der Waals surface area contributed by atoms with E-state index in [1.807, 2.05) is 0 Å². The highest BCUT2D eigenvalue weighted by Crippen LogP contribution is 2.44. The van der Waals surface area contributed by atoms with E-state index in [9.17, 15) is 4.79 Å². The van der Waals surface area contributed by atoms with Crippen LogP contribution in [0.5, 0.6) is 0 Å². The van der Waals surface area contributed by atoms with Crippen molar-refractivity contribution in [2.24, 2.45) is 5.73 Å². The molecule has 0 aromatic heterocycles. The van der Waals surface area contributed by atoms with Crippen LogP contribution in [0, 0.1) is 0 Å². The van der Waals surface area contributed by atoms with Gasteiger partial charge in [-0.05, 0) is 0 Å². The first-order valence-electron chi connectivity index (χ1n) is 2.48. The fraction of sp³-hybridized carbons (Fsp3) is 0.750. The van der Waals surface area contributed by atoms with E-state index in [1.165, 1.54) is 6.66 Å². The van der Waals surface area contributed by atoms with Gasteiger partial charge < -0.3 is 5.73 Å². The highest BCUT2D eigenvalue weighted by molar-refractivity contribution is 7.64. The first-order chi connectivity index (χ1) is 3.95. The summed E-state index contributed by atoms with van der Waals surface area (Å²) in [6.45, 7) is 1.14. The smallest absolute Gasteiger partial charge is 0.272 e. The summed E-state index contributed by atoms with van der Waals surface area (Å²) in [5.74, 6) is -0.309. The number of hydrogen-bond donors (Lipinski definition) is 3. The fourth-order valence-corrected chi connectivity index (χ4v) is 1.20. The van der Waals surface area contributed by atoms with Crippen molar-refractivity contribution in [1.29, 1.82) is 0 Å². The molecule has 0 rings (SSSR count). The van der Waals surface area contributed by atoms with Gasteiger partial charge in [0.2, 0.25) is 0 Å². The third-order valence-corrected chi connectivity index (χ3v) is 1.66. The van der Waals surface area contributed by atoms with Crippen LogP contribution in [0.1, 0.15) is 0 Å². The van der Waals surface area contributed by atoms with Crippen LogP contribution in [0.3, 0.4) is 0 Å². The molecular weight excluding hydrogens is 141 g/mol. The summed E-state index contributed by atoms with van der Waals surface area (Å²) in [6, 6.07) is 0. The Kier molecular flexibility index (Phi) is 3.22. The van der Waals surface area contributed by atoms with Crippen molar-refractivity contribution in [2.45, 2.75) is 0 Å². The molecule has 0 aliphatic rings. The first-order valence-corrected chi connectivity index (χ1v) is 4.81. The van der Waals surface area contributed by atoms with E-state index in [0.717, 1.165) is 0 Å². The molecular formula is C4H11NO3P+. The SMILES string of the molecule is C[P+](O)(O)CC(=O)CN. The van der Waals surface area contributed by atoms with Crippen LogP contribution in [-0.2, 0) is 4.79 Å². The average Bonchev–Trinajstić information content (AvgIpc) is 1.62. The van der Waals surface area contributed by atoms with Gasteiger partial charge in [0.15, 0.2) is 11.9 Å². The van der Waals surface area contributed by atoms with Crippen molar-refractivity contribution in [3.8, 4) is 0 Å². The number of carbonyl (C=O) groups is 1. The molecule has 4 N–H and O–H groups in total. The summed E-state index contributed by atoms with van der Waals surface area (Å²) >= 11 is 0. The Morgan fingerprint density at radius 3 is 2.22 bits per heavy atom. The zero-order valence-corrected chi connectivity index (χ0v) is 6.14. The number of nitrogens with two attached hydrogens (primary N) is 1. The molecule has 0 atom stereocenters. The van der Waals surface area contributed by atoms with Gasteiger partial charge in [0.05, 0.1) is 6.54 Å². The highest BCUT2D eigenvalue weighted by Gasteiger charge is 2.28. The Labute approximate surface area is 54.2 Å². The summed E-state index contributed by atoms with van der Waals surface area (Å²) in [5.41, 5.74) is 4.93. The summed E-state index contributed by atoms with van der Waals surface area (Å²) < 4.78 is 0. The number of carbonyl (C=O) groups excluding carboxylic acids is 1. The third kappa shape index (κ3) is 5.86. The van der Waals surface area contributed by atoms with Crippen LogP contribution < -0.4 is 5.73 Å². The molecule has 0 saturated carbocycles. The number of ketones is 1. The molecule has 54 valence electrons. The second-order valence-corrected chi connectivity index (χ2v) is 4.48. The van der Waals surface area contributed by atoms with Gasteiger partial charge in [0.1, 0.15) is 6.66 Å². The van der Waals surface area contributed by atoms with E-state index >= 15 is 0 Å². The molecule has 0 heterocycles. The van der Waals surface area contributed by atoms with Crippen LogP contribution in [0.15, 0.2) is 0 Å². The molecule has 4 nitrogen and oxygen atoms in total. The zero-order valence-electron chi connectivity index (χ0n) is 5.24. The van der Waals surface area contributed by atoms with E-state index in [0.29, 0.717) is 0 Å². The molecule has 0 unspecified atom stereocenters. The Morgan fingerprint density at radius 2 is 2.11 bits per heavy atom. The predicted octanol–water partition coefficient (Wildman–Crippen LogP) is -1.02. The van der Waals surface area contributed by atoms with E-state index < -0.39 is 7.72 Å². The maximum Gasteiger partial charge on any atom is 0.272 e. The van der Waals surface area contributed by atoms with Crippen molar-refractivity contribution in [3.63, 3.8) is 0 Å². The highest BCUT2D eigenvalue weighted by atomic mass is 31.2. The maximum absolute atomic E-state index is 10.4. The van der Waals surface area contributed by atoms with Crippen molar-refractivity contribution in [3.05, 3.63) is 0 Å². The molecule has 0 bridgehead atoms. The Balaban J connectivity index is 3.60. The Morgan fingerprint density at radius 1 is 1.67 bits per heavy atom. The van der Waals surface area contributed by atoms with Gasteiger partial charge in [0, 0.05) is 0 Å². The van der Waals surface area contributed by atoms with E-state index in [4.69, 9.17) is 15.5 Å². The number of Topliss-reactive ketones (excluding diaryl/α,β-unsaturated/α-hetero) is 1. The van der Waals surface area contributed by atoms with Gasteiger partial charge in [-0.3, -0.25) is 4.79 Å². The zero-order chi connectivity index (χ0) is 7.49. The van der Waals surface area contributed by atoms with Gasteiger partial charge in [0.25, 0.3) is 7.72 Å². The predicted molar refractivity (Wildman–Crippen MR) is 36.2 cm³/mol. The second-order valence-electron chi connectivity index (χ2n) is 1.99. The monoisotopic (exact) mass is 152 g/mol. The molecule has 0 spiro atoms. The quantitative estimate of drug-likeness (QED) is 0.452. The summed E-state index contributed by atoms with van der Waals surface area (Å²) in [7, 11) is -2.92. The largest absolute Gasteiger partial charge is 0.324 e. The van der Waals surface area contributed by atoms with Gasteiger partial charge in [-0.15, -0.1) is 0 Å². The standard InChI is InChI=1S/C4H11NO3P/c1-9(7,8)3-4(6)2-5/h7-8H,2-3,5H2,1H3/q+1. The molecule has 0 saturated heterocycles. The lowest BCUT2D eigenvalue weighted by Gasteiger charge is -2.02. The summed E-state index contributed by atoms with van der Waals surface area (Å²) in [6.07, 6.45) is -0.191. The lowest BCUT2D eigenvalue weighted by atomic mass is 10.5. The number of rotatable bonds is 3. The Hall–Kier alpha value is -0.0200. The van der Waals surface area contributed by atoms with Crippen LogP contribution in [0.2, 0.25) is 0 Å². The van der Waals surface area contributed by atoms with Crippen LogP contribution >= 0.6 is 7.72 Å². The lowest BCUT2D eigenvalue weighted by Crippen LogP contribution is -2.18. The minimum Gasteiger partial charge on any atom is -0.324 e. The van der Waals surface area contributed by atoms with E-state index in [2.05, 4.69) is 0 Å². The molecule has 0 aliphatic carbocycles. The van der Waals surface area contributed by atoms with Crippen molar-refractivity contribution in [1.82, 2.24) is 0 Å². The lowest BCUT2D eigenvalue weighted by molar-refractivity contribution is -0.115. The van der Waals surface area contributed by atoms with Gasteiger partial charge in [-0.1, -0.05) is 0 Å². The first kappa shape index (κ1) is 8.98. The van der Waals surface area contributed by atoms with E-state index in [-0.39, 0.29) is 18.5 Å². The minimum atomic E-state index is -2.92. The molecule has 9 heavy (non-hydrogen) atoms. The molecule has 0 fully saturated rings. The summed E-state index contributed by atoms with van der Waals surface area (Å²) in [4.78, 5) is 27.8. The van der Waals surface area contributed by atoms with Crippen LogP contribution in [0.25, 0.3) is 0 Å². The summed E-state index contributed by atoms with van der Waals surface area (Å²) in [5, 5.41) is 0. The normalized spacial score (nSPS) is 11.6. The van der Waals surface area contributed by atoms with Crippen molar-refractivity contribution < 1.29 is 14.6 Å².